The van der Waals surface area contributed by atoms with E-state index in [2.05, 4.69) is 26.2 Å². The maximum absolute atomic E-state index is 12.5. The van der Waals surface area contributed by atoms with Crippen molar-refractivity contribution < 1.29 is 9.21 Å². The van der Waals surface area contributed by atoms with Gasteiger partial charge in [0.2, 0.25) is 5.89 Å². The van der Waals surface area contributed by atoms with Crippen LogP contribution in [0.1, 0.15) is 15.9 Å². The van der Waals surface area contributed by atoms with E-state index >= 15 is 0 Å². The minimum atomic E-state index is -0.157. The molecule has 0 bridgehead atoms. The van der Waals surface area contributed by atoms with Gasteiger partial charge in [-0.1, -0.05) is 34.1 Å². The highest BCUT2D eigenvalue weighted by atomic mass is 79.9. The molecule has 0 radical (unpaired) electrons. The van der Waals surface area contributed by atoms with Crippen LogP contribution in [0.25, 0.3) is 22.6 Å². The van der Waals surface area contributed by atoms with Gasteiger partial charge in [0.1, 0.15) is 5.52 Å². The van der Waals surface area contributed by atoms with Gasteiger partial charge in [0.05, 0.1) is 0 Å². The first kappa shape index (κ1) is 16.5. The van der Waals surface area contributed by atoms with E-state index in [1.807, 2.05) is 61.5 Å². The number of aromatic nitrogens is 1. The number of hydrogen-bond donors (Lipinski definition) is 1. The Balaban J connectivity index is 1.65. The lowest BCUT2D eigenvalue weighted by Crippen LogP contribution is -2.12. The minimum Gasteiger partial charge on any atom is -0.436 e. The smallest absolute Gasteiger partial charge is 0.255 e. The van der Waals surface area contributed by atoms with E-state index in [1.54, 1.807) is 12.1 Å². The molecule has 0 saturated heterocycles. The number of hydrogen-bond acceptors (Lipinski definition) is 3. The predicted molar refractivity (Wildman–Crippen MR) is 106 cm³/mol. The van der Waals surface area contributed by atoms with Gasteiger partial charge >= 0.3 is 0 Å². The summed E-state index contributed by atoms with van der Waals surface area (Å²) in [5.41, 5.74) is 4.66. The van der Waals surface area contributed by atoms with Crippen LogP contribution in [0.4, 0.5) is 5.69 Å². The molecule has 3 aromatic carbocycles. The molecule has 4 aromatic rings. The van der Waals surface area contributed by atoms with Gasteiger partial charge in [-0.2, -0.15) is 0 Å². The zero-order chi connectivity index (χ0) is 18.1. The highest BCUT2D eigenvalue weighted by Gasteiger charge is 2.12. The molecule has 0 saturated carbocycles. The summed E-state index contributed by atoms with van der Waals surface area (Å²) in [4.78, 5) is 17.0. The van der Waals surface area contributed by atoms with E-state index < -0.39 is 0 Å². The second kappa shape index (κ2) is 6.77. The first-order chi connectivity index (χ1) is 12.6. The van der Waals surface area contributed by atoms with Crippen LogP contribution in [0.15, 0.2) is 75.6 Å². The van der Waals surface area contributed by atoms with E-state index in [9.17, 15) is 4.79 Å². The number of nitrogens with one attached hydrogen (secondary N) is 1. The summed E-state index contributed by atoms with van der Waals surface area (Å²) in [6.07, 6.45) is 0. The number of aryl methyl sites for hydroxylation is 1. The predicted octanol–water partition coefficient (Wildman–Crippen LogP) is 5.82. The lowest BCUT2D eigenvalue weighted by molar-refractivity contribution is 0.102. The quantitative estimate of drug-likeness (QED) is 0.466. The van der Waals surface area contributed by atoms with Gasteiger partial charge < -0.3 is 9.73 Å². The summed E-state index contributed by atoms with van der Waals surface area (Å²) in [5.74, 6) is 0.376. The van der Waals surface area contributed by atoms with Gasteiger partial charge in [-0.15, -0.1) is 0 Å². The number of para-hydroxylation sites is 2. The Labute approximate surface area is 159 Å². The summed E-state index contributed by atoms with van der Waals surface area (Å²) >= 11 is 3.37. The Morgan fingerprint density at radius 1 is 1.04 bits per heavy atom. The molecule has 0 fully saturated rings. The van der Waals surface area contributed by atoms with E-state index in [4.69, 9.17) is 4.42 Å². The average Bonchev–Trinajstić information content (AvgIpc) is 3.08. The molecule has 4 rings (SSSR count). The maximum atomic E-state index is 12.5. The number of benzene rings is 3. The number of amides is 1. The third-order valence-electron chi connectivity index (χ3n) is 4.13. The van der Waals surface area contributed by atoms with Crippen molar-refractivity contribution in [1.82, 2.24) is 4.98 Å². The minimum absolute atomic E-state index is 0.157. The van der Waals surface area contributed by atoms with Crippen molar-refractivity contribution >= 4 is 38.6 Å². The number of fused-ring (bicyclic) bond motifs is 1. The van der Waals surface area contributed by atoms with E-state index in [1.165, 1.54) is 0 Å². The number of carbonyl (C=O) groups excluding carboxylic acids is 1. The Hall–Kier alpha value is -2.92. The molecule has 1 aromatic heterocycles. The van der Waals surface area contributed by atoms with E-state index in [-0.39, 0.29) is 5.91 Å². The van der Waals surface area contributed by atoms with Gasteiger partial charge in [-0.25, -0.2) is 4.98 Å². The van der Waals surface area contributed by atoms with Crippen molar-refractivity contribution in [2.24, 2.45) is 0 Å². The number of halogens is 1. The van der Waals surface area contributed by atoms with Crippen LogP contribution in [-0.2, 0) is 0 Å². The van der Waals surface area contributed by atoms with Gasteiger partial charge in [-0.05, 0) is 61.0 Å². The first-order valence-electron chi connectivity index (χ1n) is 8.14. The molecule has 0 aliphatic heterocycles. The molecule has 128 valence electrons. The van der Waals surface area contributed by atoms with Crippen LogP contribution in [0.3, 0.4) is 0 Å². The highest BCUT2D eigenvalue weighted by molar-refractivity contribution is 9.10. The fraction of sp³-hybridized carbons (Fsp3) is 0.0476. The molecular weight excluding hydrogens is 392 g/mol. The van der Waals surface area contributed by atoms with Crippen molar-refractivity contribution in [3.05, 3.63) is 82.3 Å². The second-order valence-corrected chi connectivity index (χ2v) is 6.89. The lowest BCUT2D eigenvalue weighted by atomic mass is 10.1. The second-order valence-electron chi connectivity index (χ2n) is 5.98. The molecule has 4 nitrogen and oxygen atoms in total. The molecule has 0 spiro atoms. The number of anilines is 1. The van der Waals surface area contributed by atoms with Crippen molar-refractivity contribution in [3.8, 4) is 11.5 Å². The van der Waals surface area contributed by atoms with Gasteiger partial charge in [0.15, 0.2) is 5.58 Å². The Morgan fingerprint density at radius 2 is 1.81 bits per heavy atom. The molecule has 0 aliphatic rings. The Bertz CT molecular complexity index is 1070. The first-order valence-corrected chi connectivity index (χ1v) is 8.93. The molecule has 5 heteroatoms. The van der Waals surface area contributed by atoms with Gasteiger partial charge in [0.25, 0.3) is 5.91 Å². The van der Waals surface area contributed by atoms with Crippen molar-refractivity contribution in [2.75, 3.05) is 5.32 Å². The number of nitrogens with zero attached hydrogens (tertiary/aromatic N) is 1. The van der Waals surface area contributed by atoms with Gasteiger partial charge in [-0.3, -0.25) is 4.79 Å². The zero-order valence-electron chi connectivity index (χ0n) is 14.0. The zero-order valence-corrected chi connectivity index (χ0v) is 15.6. The molecule has 0 aliphatic carbocycles. The molecule has 0 unspecified atom stereocenters. The largest absolute Gasteiger partial charge is 0.436 e. The number of carbonyl (C=O) groups is 1. The van der Waals surface area contributed by atoms with Crippen molar-refractivity contribution in [3.63, 3.8) is 0 Å². The van der Waals surface area contributed by atoms with Crippen LogP contribution < -0.4 is 5.32 Å². The number of rotatable bonds is 3. The molecule has 1 heterocycles. The summed E-state index contributed by atoms with van der Waals surface area (Å²) in [5, 5.41) is 2.97. The topological polar surface area (TPSA) is 55.1 Å². The summed E-state index contributed by atoms with van der Waals surface area (Å²) < 4.78 is 6.76. The van der Waals surface area contributed by atoms with Crippen LogP contribution >= 0.6 is 15.9 Å². The highest BCUT2D eigenvalue weighted by Crippen LogP contribution is 2.28. The molecule has 1 N–H and O–H groups in total. The van der Waals surface area contributed by atoms with E-state index in [0.717, 1.165) is 32.4 Å². The molecule has 26 heavy (non-hydrogen) atoms. The van der Waals surface area contributed by atoms with E-state index in [0.29, 0.717) is 11.5 Å². The standard InChI is InChI=1S/C21H15BrN2O2/c1-13-6-7-15(21-24-17-4-2-3-5-19(17)26-21)12-18(13)23-20(25)14-8-10-16(22)11-9-14/h2-12H,1H3,(H,23,25). The van der Waals surface area contributed by atoms with Crippen LogP contribution in [-0.4, -0.2) is 10.9 Å². The third-order valence-corrected chi connectivity index (χ3v) is 4.66. The molecule has 0 atom stereocenters. The fourth-order valence-electron chi connectivity index (χ4n) is 2.68. The Kier molecular flexibility index (Phi) is 4.31. The molecular formula is C21H15BrN2O2. The van der Waals surface area contributed by atoms with Crippen LogP contribution in [0, 0.1) is 6.92 Å². The summed E-state index contributed by atoms with van der Waals surface area (Å²) in [7, 11) is 0. The molecule has 1 amide bonds. The van der Waals surface area contributed by atoms with Crippen molar-refractivity contribution in [2.45, 2.75) is 6.92 Å². The van der Waals surface area contributed by atoms with Crippen LogP contribution in [0.5, 0.6) is 0 Å². The summed E-state index contributed by atoms with van der Waals surface area (Å²) in [6.45, 7) is 1.95. The van der Waals surface area contributed by atoms with Crippen molar-refractivity contribution in [1.29, 1.82) is 0 Å². The SMILES string of the molecule is Cc1ccc(-c2nc3ccccc3o2)cc1NC(=O)c1ccc(Br)cc1. The average molecular weight is 407 g/mol. The number of oxazole rings is 1. The van der Waals surface area contributed by atoms with Gasteiger partial charge in [0, 0.05) is 21.3 Å². The lowest BCUT2D eigenvalue weighted by Gasteiger charge is -2.10. The normalized spacial score (nSPS) is 10.8. The fourth-order valence-corrected chi connectivity index (χ4v) is 2.95. The maximum Gasteiger partial charge on any atom is 0.255 e. The third kappa shape index (κ3) is 3.26. The monoisotopic (exact) mass is 406 g/mol. The Morgan fingerprint density at radius 3 is 2.58 bits per heavy atom. The van der Waals surface area contributed by atoms with Crippen LogP contribution in [0.2, 0.25) is 0 Å². The summed E-state index contributed by atoms with van der Waals surface area (Å²) in [6, 6.07) is 20.6.